The van der Waals surface area contributed by atoms with Crippen LogP contribution in [0.3, 0.4) is 0 Å². The molecule has 0 aliphatic heterocycles. The molecule has 1 aromatic heterocycles. The van der Waals surface area contributed by atoms with Crippen molar-refractivity contribution in [1.82, 2.24) is 4.98 Å². The number of amides is 1. The molecule has 0 saturated carbocycles. The van der Waals surface area contributed by atoms with Crippen LogP contribution in [0.15, 0.2) is 30.5 Å². The summed E-state index contributed by atoms with van der Waals surface area (Å²) in [5.74, 6) is -0.377. The number of rotatable bonds is 3. The number of thiazole rings is 1. The Morgan fingerprint density at radius 2 is 2.17 bits per heavy atom. The molecule has 0 fully saturated rings. The van der Waals surface area contributed by atoms with Crippen LogP contribution in [0.2, 0.25) is 5.02 Å². The number of hydrogen-bond donors (Lipinski definition) is 1. The Balaban J connectivity index is 2.13. The molecule has 1 N–H and O–H groups in total. The third-order valence-corrected chi connectivity index (χ3v) is 3.41. The first-order chi connectivity index (χ1) is 8.56. The van der Waals surface area contributed by atoms with Gasteiger partial charge in [0.1, 0.15) is 0 Å². The summed E-state index contributed by atoms with van der Waals surface area (Å²) in [6.07, 6.45) is 1.45. The van der Waals surface area contributed by atoms with E-state index in [0.717, 1.165) is 11.3 Å². The lowest BCUT2D eigenvalue weighted by Gasteiger charge is -2.01. The maximum atomic E-state index is 11.9. The number of benzene rings is 1. The third-order valence-electron chi connectivity index (χ3n) is 2.16. The molecule has 0 saturated heterocycles. The van der Waals surface area contributed by atoms with E-state index in [9.17, 15) is 9.59 Å². The number of ketones is 1. The van der Waals surface area contributed by atoms with Crippen LogP contribution in [-0.2, 0) is 0 Å². The van der Waals surface area contributed by atoms with Gasteiger partial charge in [-0.3, -0.25) is 14.9 Å². The standard InChI is InChI=1S/C12H9ClN2O2S/c1-7(16)10-6-14-12(18-10)15-11(17)8-3-2-4-9(13)5-8/h2-6H,1H3,(H,14,15,17). The summed E-state index contributed by atoms with van der Waals surface area (Å²) < 4.78 is 0. The van der Waals surface area contributed by atoms with Crippen LogP contribution in [0.4, 0.5) is 5.13 Å². The molecule has 6 heteroatoms. The highest BCUT2D eigenvalue weighted by molar-refractivity contribution is 7.17. The Morgan fingerprint density at radius 3 is 2.78 bits per heavy atom. The van der Waals surface area contributed by atoms with Crippen LogP contribution in [0.5, 0.6) is 0 Å². The van der Waals surface area contributed by atoms with Crippen molar-refractivity contribution in [3.8, 4) is 0 Å². The normalized spacial score (nSPS) is 10.1. The number of nitrogens with zero attached hydrogens (tertiary/aromatic N) is 1. The molecule has 0 radical (unpaired) electrons. The van der Waals surface area contributed by atoms with E-state index in [0.29, 0.717) is 20.6 Å². The van der Waals surface area contributed by atoms with Crippen molar-refractivity contribution < 1.29 is 9.59 Å². The van der Waals surface area contributed by atoms with Crippen LogP contribution in [0.25, 0.3) is 0 Å². The van der Waals surface area contributed by atoms with Crippen LogP contribution in [0.1, 0.15) is 27.0 Å². The van der Waals surface area contributed by atoms with Gasteiger partial charge in [-0.05, 0) is 18.2 Å². The van der Waals surface area contributed by atoms with Crippen molar-refractivity contribution >= 4 is 39.8 Å². The molecule has 92 valence electrons. The van der Waals surface area contributed by atoms with Crippen LogP contribution in [-0.4, -0.2) is 16.7 Å². The van der Waals surface area contributed by atoms with Crippen molar-refractivity contribution in [2.24, 2.45) is 0 Å². The topological polar surface area (TPSA) is 59.1 Å². The fourth-order valence-corrected chi connectivity index (χ4v) is 2.19. The average molecular weight is 281 g/mol. The molecular formula is C12H9ClN2O2S. The predicted molar refractivity (Wildman–Crippen MR) is 71.5 cm³/mol. The lowest BCUT2D eigenvalue weighted by molar-refractivity contribution is 0.101. The molecule has 1 aromatic carbocycles. The lowest BCUT2D eigenvalue weighted by atomic mass is 10.2. The van der Waals surface area contributed by atoms with Gasteiger partial charge in [0, 0.05) is 17.5 Å². The lowest BCUT2D eigenvalue weighted by Crippen LogP contribution is -2.11. The summed E-state index contributed by atoms with van der Waals surface area (Å²) in [6.45, 7) is 1.45. The quantitative estimate of drug-likeness (QED) is 0.878. The highest BCUT2D eigenvalue weighted by Crippen LogP contribution is 2.19. The Labute approximate surface area is 113 Å². The van der Waals surface area contributed by atoms with Gasteiger partial charge in [-0.1, -0.05) is 29.0 Å². The maximum absolute atomic E-state index is 11.9. The zero-order chi connectivity index (χ0) is 13.1. The van der Waals surface area contributed by atoms with Gasteiger partial charge < -0.3 is 0 Å². The largest absolute Gasteiger partial charge is 0.298 e. The molecular weight excluding hydrogens is 272 g/mol. The molecule has 0 aliphatic rings. The summed E-state index contributed by atoms with van der Waals surface area (Å²) in [5, 5.41) is 3.50. The number of anilines is 1. The van der Waals surface area contributed by atoms with Gasteiger partial charge in [-0.2, -0.15) is 0 Å². The van der Waals surface area contributed by atoms with Crippen molar-refractivity contribution in [3.05, 3.63) is 45.9 Å². The molecule has 0 bridgehead atoms. The first kappa shape index (κ1) is 12.7. The van der Waals surface area contributed by atoms with E-state index < -0.39 is 0 Å². The van der Waals surface area contributed by atoms with Gasteiger partial charge >= 0.3 is 0 Å². The molecule has 2 rings (SSSR count). The number of carbonyl (C=O) groups excluding carboxylic acids is 2. The summed E-state index contributed by atoms with van der Waals surface area (Å²) in [5.41, 5.74) is 0.446. The SMILES string of the molecule is CC(=O)c1cnc(NC(=O)c2cccc(Cl)c2)s1. The van der Waals surface area contributed by atoms with E-state index in [1.807, 2.05) is 0 Å². The molecule has 18 heavy (non-hydrogen) atoms. The van der Waals surface area contributed by atoms with Gasteiger partial charge in [0.2, 0.25) is 0 Å². The molecule has 0 spiro atoms. The smallest absolute Gasteiger partial charge is 0.257 e. The minimum absolute atomic E-state index is 0.0734. The van der Waals surface area contributed by atoms with Crippen LogP contribution >= 0.6 is 22.9 Å². The fourth-order valence-electron chi connectivity index (χ4n) is 1.29. The highest BCUT2D eigenvalue weighted by atomic mass is 35.5. The predicted octanol–water partition coefficient (Wildman–Crippen LogP) is 3.25. The van der Waals surface area contributed by atoms with E-state index in [1.54, 1.807) is 24.3 Å². The fraction of sp³-hybridized carbons (Fsp3) is 0.0833. The van der Waals surface area contributed by atoms with Crippen molar-refractivity contribution in [2.45, 2.75) is 6.92 Å². The summed E-state index contributed by atoms with van der Waals surface area (Å²) in [7, 11) is 0. The van der Waals surface area contributed by atoms with Gasteiger partial charge in [0.25, 0.3) is 5.91 Å². The minimum atomic E-state index is -0.304. The second-order valence-corrected chi connectivity index (χ2v) is 5.02. The molecule has 0 unspecified atom stereocenters. The Kier molecular flexibility index (Phi) is 3.74. The van der Waals surface area contributed by atoms with E-state index in [-0.39, 0.29) is 11.7 Å². The Hall–Kier alpha value is -1.72. The second-order valence-electron chi connectivity index (χ2n) is 3.55. The maximum Gasteiger partial charge on any atom is 0.257 e. The zero-order valence-electron chi connectivity index (χ0n) is 9.44. The average Bonchev–Trinajstić information content (AvgIpc) is 2.77. The Morgan fingerprint density at radius 1 is 1.39 bits per heavy atom. The van der Waals surface area contributed by atoms with E-state index in [2.05, 4.69) is 10.3 Å². The van der Waals surface area contributed by atoms with Crippen LogP contribution < -0.4 is 5.32 Å². The monoisotopic (exact) mass is 280 g/mol. The molecule has 0 atom stereocenters. The van der Waals surface area contributed by atoms with E-state index in [1.165, 1.54) is 13.1 Å². The Bertz CT molecular complexity index is 610. The zero-order valence-corrected chi connectivity index (χ0v) is 11.0. The van der Waals surface area contributed by atoms with Crippen LogP contribution in [0, 0.1) is 0 Å². The number of halogens is 1. The van der Waals surface area contributed by atoms with Crippen molar-refractivity contribution in [3.63, 3.8) is 0 Å². The molecule has 2 aromatic rings. The highest BCUT2D eigenvalue weighted by Gasteiger charge is 2.10. The summed E-state index contributed by atoms with van der Waals surface area (Å²) in [4.78, 5) is 27.4. The van der Waals surface area contributed by atoms with E-state index >= 15 is 0 Å². The number of nitrogens with one attached hydrogen (secondary N) is 1. The number of carbonyl (C=O) groups is 2. The van der Waals surface area contributed by atoms with Gasteiger partial charge in [-0.25, -0.2) is 4.98 Å². The summed E-state index contributed by atoms with van der Waals surface area (Å²) in [6, 6.07) is 6.60. The first-order valence-corrected chi connectivity index (χ1v) is 6.29. The van der Waals surface area contributed by atoms with E-state index in [4.69, 9.17) is 11.6 Å². The van der Waals surface area contributed by atoms with Gasteiger partial charge in [0.05, 0.1) is 11.1 Å². The molecule has 4 nitrogen and oxygen atoms in total. The number of aromatic nitrogens is 1. The van der Waals surface area contributed by atoms with Gasteiger partial charge in [-0.15, -0.1) is 0 Å². The van der Waals surface area contributed by atoms with Gasteiger partial charge in [0.15, 0.2) is 10.9 Å². The molecule has 0 aliphatic carbocycles. The number of Topliss-reactive ketones (excluding diaryl/α,β-unsaturated/α-hetero) is 1. The third kappa shape index (κ3) is 2.94. The molecule has 1 heterocycles. The summed E-state index contributed by atoms with van der Waals surface area (Å²) >= 11 is 6.94. The van der Waals surface area contributed by atoms with Crippen molar-refractivity contribution in [2.75, 3.05) is 5.32 Å². The molecule has 1 amide bonds. The minimum Gasteiger partial charge on any atom is -0.298 e. The first-order valence-electron chi connectivity index (χ1n) is 5.10. The second kappa shape index (κ2) is 5.29. The van der Waals surface area contributed by atoms with Crippen molar-refractivity contribution in [1.29, 1.82) is 0 Å². The number of hydrogen-bond acceptors (Lipinski definition) is 4.